The van der Waals surface area contributed by atoms with E-state index in [1.54, 1.807) is 12.2 Å². The molecule has 0 fully saturated rings. The zero-order valence-electron chi connectivity index (χ0n) is 10.4. The van der Waals surface area contributed by atoms with Gasteiger partial charge in [0.25, 0.3) is 0 Å². The molecule has 17 heavy (non-hydrogen) atoms. The summed E-state index contributed by atoms with van der Waals surface area (Å²) in [5, 5.41) is 20.2. The van der Waals surface area contributed by atoms with Crippen LogP contribution >= 0.6 is 0 Å². The molecule has 2 N–H and O–H groups in total. The fourth-order valence-corrected chi connectivity index (χ4v) is 2.67. The molecule has 0 saturated carbocycles. The van der Waals surface area contributed by atoms with Crippen molar-refractivity contribution in [3.8, 4) is 0 Å². The first-order valence-electron chi connectivity index (χ1n) is 6.04. The van der Waals surface area contributed by atoms with Gasteiger partial charge in [0.15, 0.2) is 0 Å². The summed E-state index contributed by atoms with van der Waals surface area (Å²) in [6.45, 7) is 4.06. The quantitative estimate of drug-likeness (QED) is 0.767. The topological polar surface area (TPSA) is 40.5 Å². The smallest absolute Gasteiger partial charge is 0.0812 e. The molecule has 92 valence electrons. The first-order valence-corrected chi connectivity index (χ1v) is 6.04. The molecule has 2 rings (SSSR count). The second kappa shape index (κ2) is 4.28. The van der Waals surface area contributed by atoms with Gasteiger partial charge in [0.05, 0.1) is 12.2 Å². The van der Waals surface area contributed by atoms with Crippen LogP contribution in [0.2, 0.25) is 0 Å². The van der Waals surface area contributed by atoms with Crippen LogP contribution in [0.5, 0.6) is 0 Å². The van der Waals surface area contributed by atoms with Gasteiger partial charge < -0.3 is 10.2 Å². The molecule has 0 heterocycles. The van der Waals surface area contributed by atoms with Gasteiger partial charge in [0.2, 0.25) is 0 Å². The molecule has 0 bridgehead atoms. The van der Waals surface area contributed by atoms with E-state index in [0.29, 0.717) is 6.42 Å². The van der Waals surface area contributed by atoms with E-state index < -0.39 is 12.2 Å². The summed E-state index contributed by atoms with van der Waals surface area (Å²) in [6.07, 6.45) is 15.1. The number of aliphatic hydroxyl groups excluding tert-OH is 2. The van der Waals surface area contributed by atoms with Gasteiger partial charge in [-0.05, 0) is 6.42 Å². The molecule has 2 heteroatoms. The highest BCUT2D eigenvalue weighted by Crippen LogP contribution is 2.43. The number of aliphatic hydroxyl groups is 2. The number of hydrogen-bond donors (Lipinski definition) is 2. The van der Waals surface area contributed by atoms with Crippen molar-refractivity contribution >= 4 is 0 Å². The first-order chi connectivity index (χ1) is 7.96. The van der Waals surface area contributed by atoms with Crippen molar-refractivity contribution in [3.05, 3.63) is 48.6 Å². The zero-order valence-corrected chi connectivity index (χ0v) is 10.4. The molecule has 2 aliphatic carbocycles. The standard InChI is InChI=1S/C15H20O2/c1-14(9-5-3-7-12(14)16)11-15(2)10-6-4-8-13(15)17/h3-10,12-13,16-17H,11H2,1-2H3. The van der Waals surface area contributed by atoms with Crippen LogP contribution in [0, 0.1) is 10.8 Å². The van der Waals surface area contributed by atoms with Crippen LogP contribution in [0.25, 0.3) is 0 Å². The van der Waals surface area contributed by atoms with Crippen LogP contribution in [0.4, 0.5) is 0 Å². The van der Waals surface area contributed by atoms with E-state index >= 15 is 0 Å². The van der Waals surface area contributed by atoms with Crippen LogP contribution in [0.15, 0.2) is 48.6 Å². The van der Waals surface area contributed by atoms with E-state index in [2.05, 4.69) is 0 Å². The van der Waals surface area contributed by atoms with Crippen molar-refractivity contribution in [2.45, 2.75) is 32.5 Å². The highest BCUT2D eigenvalue weighted by molar-refractivity contribution is 5.25. The Labute approximate surface area is 103 Å². The predicted molar refractivity (Wildman–Crippen MR) is 69.4 cm³/mol. The van der Waals surface area contributed by atoms with Gasteiger partial charge in [0.1, 0.15) is 0 Å². The summed E-state index contributed by atoms with van der Waals surface area (Å²) in [7, 11) is 0. The van der Waals surface area contributed by atoms with Gasteiger partial charge >= 0.3 is 0 Å². The molecule has 0 saturated heterocycles. The Balaban J connectivity index is 2.20. The Morgan fingerprint density at radius 2 is 1.24 bits per heavy atom. The largest absolute Gasteiger partial charge is 0.388 e. The monoisotopic (exact) mass is 232 g/mol. The fraction of sp³-hybridized carbons (Fsp3) is 0.467. The van der Waals surface area contributed by atoms with Crippen molar-refractivity contribution in [3.63, 3.8) is 0 Å². The van der Waals surface area contributed by atoms with Crippen molar-refractivity contribution in [1.29, 1.82) is 0 Å². The summed E-state index contributed by atoms with van der Waals surface area (Å²) in [5.74, 6) is 0. The van der Waals surface area contributed by atoms with E-state index in [4.69, 9.17) is 0 Å². The summed E-state index contributed by atoms with van der Waals surface area (Å²) in [6, 6.07) is 0. The average molecular weight is 232 g/mol. The van der Waals surface area contributed by atoms with Gasteiger partial charge in [-0.25, -0.2) is 0 Å². The zero-order chi connectivity index (χ0) is 12.5. The molecule has 0 aromatic heterocycles. The van der Waals surface area contributed by atoms with Crippen LogP contribution in [-0.4, -0.2) is 22.4 Å². The Morgan fingerprint density at radius 3 is 1.59 bits per heavy atom. The van der Waals surface area contributed by atoms with E-state index in [9.17, 15) is 10.2 Å². The van der Waals surface area contributed by atoms with Gasteiger partial charge in [-0.2, -0.15) is 0 Å². The third-order valence-corrected chi connectivity index (χ3v) is 3.88. The van der Waals surface area contributed by atoms with Crippen molar-refractivity contribution in [2.24, 2.45) is 10.8 Å². The van der Waals surface area contributed by atoms with E-state index in [1.807, 2.05) is 50.3 Å². The van der Waals surface area contributed by atoms with Crippen molar-refractivity contribution < 1.29 is 10.2 Å². The molecule has 0 amide bonds. The molecule has 4 atom stereocenters. The lowest BCUT2D eigenvalue weighted by atomic mass is 9.65. The summed E-state index contributed by atoms with van der Waals surface area (Å²) < 4.78 is 0. The van der Waals surface area contributed by atoms with Crippen molar-refractivity contribution in [2.75, 3.05) is 0 Å². The number of allylic oxidation sites excluding steroid dienone is 4. The lowest BCUT2D eigenvalue weighted by molar-refractivity contribution is 0.0325. The van der Waals surface area contributed by atoms with Crippen LogP contribution in [-0.2, 0) is 0 Å². The van der Waals surface area contributed by atoms with E-state index in [0.717, 1.165) is 0 Å². The Morgan fingerprint density at radius 1 is 0.824 bits per heavy atom. The lowest BCUT2D eigenvalue weighted by Crippen LogP contribution is -2.40. The minimum Gasteiger partial charge on any atom is -0.388 e. The Bertz CT molecular complexity index is 367. The maximum atomic E-state index is 10.1. The second-order valence-corrected chi connectivity index (χ2v) is 5.57. The molecule has 2 aliphatic rings. The molecule has 2 nitrogen and oxygen atoms in total. The lowest BCUT2D eigenvalue weighted by Gasteiger charge is -2.41. The molecule has 0 aromatic carbocycles. The van der Waals surface area contributed by atoms with Gasteiger partial charge in [-0.15, -0.1) is 0 Å². The van der Waals surface area contributed by atoms with Gasteiger partial charge in [0, 0.05) is 10.8 Å². The second-order valence-electron chi connectivity index (χ2n) is 5.57. The average Bonchev–Trinajstić information content (AvgIpc) is 2.27. The third-order valence-electron chi connectivity index (χ3n) is 3.88. The minimum absolute atomic E-state index is 0.319. The van der Waals surface area contributed by atoms with Gasteiger partial charge in [-0.3, -0.25) is 0 Å². The fourth-order valence-electron chi connectivity index (χ4n) is 2.67. The number of hydrogen-bond acceptors (Lipinski definition) is 2. The first kappa shape index (κ1) is 12.3. The molecule has 0 aliphatic heterocycles. The SMILES string of the molecule is CC1(CC2(C)C=CC=CC2O)C=CC=CC1O. The highest BCUT2D eigenvalue weighted by atomic mass is 16.3. The molecular weight excluding hydrogens is 212 g/mol. The maximum absolute atomic E-state index is 10.1. The molecule has 0 spiro atoms. The van der Waals surface area contributed by atoms with Crippen molar-refractivity contribution in [1.82, 2.24) is 0 Å². The predicted octanol–water partition coefficient (Wildman–Crippen LogP) is 2.36. The molecule has 4 unspecified atom stereocenters. The molecule has 0 aromatic rings. The molecule has 0 radical (unpaired) electrons. The van der Waals surface area contributed by atoms with Gasteiger partial charge in [-0.1, -0.05) is 62.5 Å². The highest BCUT2D eigenvalue weighted by Gasteiger charge is 2.40. The van der Waals surface area contributed by atoms with Crippen LogP contribution in [0.1, 0.15) is 20.3 Å². The normalized spacial score (nSPS) is 44.2. The third kappa shape index (κ3) is 2.28. The minimum atomic E-state index is -0.490. The maximum Gasteiger partial charge on any atom is 0.0812 e. The molecular formula is C15H20O2. The number of rotatable bonds is 2. The van der Waals surface area contributed by atoms with Crippen LogP contribution < -0.4 is 0 Å². The summed E-state index contributed by atoms with van der Waals surface area (Å²) >= 11 is 0. The van der Waals surface area contributed by atoms with E-state index in [-0.39, 0.29) is 10.8 Å². The Kier molecular flexibility index (Phi) is 3.11. The summed E-state index contributed by atoms with van der Waals surface area (Å²) in [4.78, 5) is 0. The Hall–Kier alpha value is -1.12. The van der Waals surface area contributed by atoms with E-state index in [1.165, 1.54) is 0 Å². The summed E-state index contributed by atoms with van der Waals surface area (Å²) in [5.41, 5.74) is -0.639. The van der Waals surface area contributed by atoms with Crippen LogP contribution in [0.3, 0.4) is 0 Å².